The minimum atomic E-state index is -0.818. The first-order valence-corrected chi connectivity index (χ1v) is 9.62. The number of hydrogen-bond acceptors (Lipinski definition) is 4. The van der Waals surface area contributed by atoms with Crippen LogP contribution in [0.3, 0.4) is 0 Å². The van der Waals surface area contributed by atoms with Gasteiger partial charge in [-0.25, -0.2) is 4.79 Å². The average Bonchev–Trinajstić information content (AvgIpc) is 3.16. The molecule has 1 aliphatic rings. The Bertz CT molecular complexity index is 757. The van der Waals surface area contributed by atoms with Gasteiger partial charge in [-0.05, 0) is 37.1 Å². The van der Waals surface area contributed by atoms with Crippen LogP contribution in [-0.4, -0.2) is 52.1 Å². The largest absolute Gasteiger partial charge is 0.480 e. The Balaban J connectivity index is 1.56. The number of furan rings is 1. The maximum atomic E-state index is 12.9. The molecule has 2 amide bonds. The van der Waals surface area contributed by atoms with Gasteiger partial charge in [-0.15, -0.1) is 0 Å². The summed E-state index contributed by atoms with van der Waals surface area (Å²) in [6.07, 6.45) is 3.14. The van der Waals surface area contributed by atoms with E-state index in [0.717, 1.165) is 24.2 Å². The summed E-state index contributed by atoms with van der Waals surface area (Å²) < 4.78 is 5.41. The van der Waals surface area contributed by atoms with Gasteiger partial charge in [-0.3, -0.25) is 9.69 Å². The number of carbonyl (C=O) groups excluding carboxylic acids is 1. The molecule has 0 bridgehead atoms. The van der Waals surface area contributed by atoms with Gasteiger partial charge < -0.3 is 19.7 Å². The summed E-state index contributed by atoms with van der Waals surface area (Å²) >= 11 is 0. The smallest absolute Gasteiger partial charge is 0.318 e. The van der Waals surface area contributed by atoms with Crippen molar-refractivity contribution in [1.29, 1.82) is 0 Å². The number of likely N-dealkylation sites (N-methyl/N-ethyl adjacent to an activating group) is 1. The third-order valence-electron chi connectivity index (χ3n) is 5.13. The first-order chi connectivity index (χ1) is 13.5. The second kappa shape index (κ2) is 9.41. The fraction of sp³-hybridized carbons (Fsp3) is 0.429. The van der Waals surface area contributed by atoms with Crippen LogP contribution in [0.2, 0.25) is 0 Å². The first-order valence-electron chi connectivity index (χ1n) is 9.62. The number of carboxylic acid groups (broad SMARTS) is 1. The van der Waals surface area contributed by atoms with Crippen LogP contribution >= 0.6 is 0 Å². The van der Waals surface area contributed by atoms with Gasteiger partial charge in [-0.1, -0.05) is 37.3 Å². The van der Waals surface area contributed by atoms with E-state index in [1.54, 1.807) is 11.2 Å². The van der Waals surface area contributed by atoms with Crippen molar-refractivity contribution in [3.05, 3.63) is 60.1 Å². The molecule has 1 aromatic heterocycles. The Hall–Kier alpha value is -2.80. The lowest BCUT2D eigenvalue weighted by Gasteiger charge is -2.42. The lowest BCUT2D eigenvalue weighted by molar-refractivity contribution is -0.139. The zero-order valence-corrected chi connectivity index (χ0v) is 16.1. The summed E-state index contributed by atoms with van der Waals surface area (Å²) in [6, 6.07) is 13.7. The van der Waals surface area contributed by atoms with Gasteiger partial charge in [0.1, 0.15) is 5.76 Å². The van der Waals surface area contributed by atoms with Crippen LogP contribution in [0.4, 0.5) is 4.79 Å². The van der Waals surface area contributed by atoms with Gasteiger partial charge in [-0.2, -0.15) is 0 Å². The van der Waals surface area contributed by atoms with Crippen LogP contribution < -0.4 is 5.32 Å². The van der Waals surface area contributed by atoms with E-state index in [2.05, 4.69) is 5.32 Å². The molecule has 28 heavy (non-hydrogen) atoms. The predicted molar refractivity (Wildman–Crippen MR) is 105 cm³/mol. The van der Waals surface area contributed by atoms with E-state index >= 15 is 0 Å². The van der Waals surface area contributed by atoms with Crippen molar-refractivity contribution in [1.82, 2.24) is 15.1 Å². The average molecular weight is 385 g/mol. The molecule has 2 aromatic rings. The fourth-order valence-corrected chi connectivity index (χ4v) is 3.54. The van der Waals surface area contributed by atoms with Crippen LogP contribution in [0.15, 0.2) is 53.1 Å². The van der Waals surface area contributed by atoms with Gasteiger partial charge in [0.05, 0.1) is 19.4 Å². The number of rotatable bonds is 9. The van der Waals surface area contributed by atoms with Crippen molar-refractivity contribution in [3.63, 3.8) is 0 Å². The molecule has 3 rings (SSSR count). The summed E-state index contributed by atoms with van der Waals surface area (Å²) in [5.41, 5.74) is 1.05. The van der Waals surface area contributed by atoms with Crippen LogP contribution in [0, 0.1) is 0 Å². The lowest BCUT2D eigenvalue weighted by Crippen LogP contribution is -2.56. The molecule has 1 aliphatic carbocycles. The zero-order chi connectivity index (χ0) is 19.9. The molecule has 7 nitrogen and oxygen atoms in total. The minimum Gasteiger partial charge on any atom is -0.480 e. The molecule has 150 valence electrons. The van der Waals surface area contributed by atoms with E-state index in [-0.39, 0.29) is 24.7 Å². The van der Waals surface area contributed by atoms with E-state index in [4.69, 9.17) is 9.52 Å². The van der Waals surface area contributed by atoms with Gasteiger partial charge in [0.15, 0.2) is 0 Å². The molecule has 0 saturated heterocycles. The quantitative estimate of drug-likeness (QED) is 0.693. The molecule has 1 heterocycles. The molecular formula is C21H27N3O4. The molecule has 2 N–H and O–H groups in total. The number of hydrogen-bond donors (Lipinski definition) is 2. The zero-order valence-electron chi connectivity index (χ0n) is 16.1. The Kier molecular flexibility index (Phi) is 6.71. The van der Waals surface area contributed by atoms with Gasteiger partial charge >= 0.3 is 12.0 Å². The topological polar surface area (TPSA) is 86.0 Å². The number of urea groups is 1. The normalized spacial score (nSPS) is 18.5. The van der Waals surface area contributed by atoms with Crippen molar-refractivity contribution < 1.29 is 19.1 Å². The lowest BCUT2D eigenvalue weighted by atomic mass is 9.85. The van der Waals surface area contributed by atoms with Crippen LogP contribution in [0.25, 0.3) is 0 Å². The molecule has 0 radical (unpaired) electrons. The SMILES string of the molecule is CCN(CC(=O)O)C1CC(NC(=O)N(Cc2ccccc2)Cc2ccco2)C1. The highest BCUT2D eigenvalue weighted by molar-refractivity contribution is 5.74. The van der Waals surface area contributed by atoms with E-state index < -0.39 is 5.97 Å². The number of amides is 2. The second-order valence-corrected chi connectivity index (χ2v) is 7.15. The predicted octanol–water partition coefficient (Wildman–Crippen LogP) is 2.93. The van der Waals surface area contributed by atoms with Crippen LogP contribution in [0.1, 0.15) is 31.1 Å². The van der Waals surface area contributed by atoms with Crippen molar-refractivity contribution in [2.45, 2.75) is 44.9 Å². The Labute approximate surface area is 164 Å². The highest BCUT2D eigenvalue weighted by Gasteiger charge is 2.35. The third-order valence-corrected chi connectivity index (χ3v) is 5.13. The number of benzene rings is 1. The number of aliphatic carboxylic acids is 1. The van der Waals surface area contributed by atoms with E-state index in [0.29, 0.717) is 19.6 Å². The standard InChI is InChI=1S/C21H27N3O4/c1-2-23(15-20(25)26)18-11-17(12-18)22-21(27)24(14-19-9-6-10-28-19)13-16-7-4-3-5-8-16/h3-10,17-18H,2,11-15H2,1H3,(H,22,27)(H,25,26). The molecule has 0 aliphatic heterocycles. The Morgan fingerprint density at radius 1 is 1.14 bits per heavy atom. The van der Waals surface area contributed by atoms with Crippen molar-refractivity contribution >= 4 is 12.0 Å². The van der Waals surface area contributed by atoms with Gasteiger partial charge in [0.25, 0.3) is 0 Å². The highest BCUT2D eigenvalue weighted by atomic mass is 16.4. The van der Waals surface area contributed by atoms with Crippen LogP contribution in [-0.2, 0) is 17.9 Å². The summed E-state index contributed by atoms with van der Waals surface area (Å²) in [7, 11) is 0. The summed E-state index contributed by atoms with van der Waals surface area (Å²) in [5.74, 6) is -0.0852. The van der Waals surface area contributed by atoms with E-state index in [1.165, 1.54) is 0 Å². The summed E-state index contributed by atoms with van der Waals surface area (Å²) in [5, 5.41) is 12.1. The molecule has 0 unspecified atom stereocenters. The summed E-state index contributed by atoms with van der Waals surface area (Å²) in [6.45, 7) is 3.57. The first kappa shape index (κ1) is 19.9. The Morgan fingerprint density at radius 2 is 1.89 bits per heavy atom. The van der Waals surface area contributed by atoms with Crippen molar-refractivity contribution in [2.75, 3.05) is 13.1 Å². The molecule has 1 saturated carbocycles. The van der Waals surface area contributed by atoms with Crippen molar-refractivity contribution in [3.8, 4) is 0 Å². The number of carboxylic acids is 1. The maximum absolute atomic E-state index is 12.9. The number of carbonyl (C=O) groups is 2. The van der Waals surface area contributed by atoms with E-state index in [9.17, 15) is 9.59 Å². The third kappa shape index (κ3) is 5.36. The highest BCUT2D eigenvalue weighted by Crippen LogP contribution is 2.26. The summed E-state index contributed by atoms with van der Waals surface area (Å²) in [4.78, 5) is 27.5. The van der Waals surface area contributed by atoms with E-state index in [1.807, 2.05) is 54.3 Å². The Morgan fingerprint density at radius 3 is 2.50 bits per heavy atom. The number of nitrogens with zero attached hydrogens (tertiary/aromatic N) is 2. The second-order valence-electron chi connectivity index (χ2n) is 7.15. The van der Waals surface area contributed by atoms with Gasteiger partial charge in [0, 0.05) is 18.6 Å². The number of nitrogens with one attached hydrogen (secondary N) is 1. The monoisotopic (exact) mass is 385 g/mol. The maximum Gasteiger partial charge on any atom is 0.318 e. The molecule has 1 aromatic carbocycles. The van der Waals surface area contributed by atoms with Gasteiger partial charge in [0.2, 0.25) is 0 Å². The minimum absolute atomic E-state index is 0.0421. The molecule has 0 atom stereocenters. The molecule has 7 heteroatoms. The fourth-order valence-electron chi connectivity index (χ4n) is 3.54. The molecule has 1 fully saturated rings. The van der Waals surface area contributed by atoms with Crippen LogP contribution in [0.5, 0.6) is 0 Å². The molecule has 0 spiro atoms. The van der Waals surface area contributed by atoms with Crippen molar-refractivity contribution in [2.24, 2.45) is 0 Å². The molecular weight excluding hydrogens is 358 g/mol.